The molecule has 0 fully saturated rings. The molecule has 7 heteroatoms. The standard InChI is InChI=1S/C13H17Cl2NO3S/c1-4-5-16(6-7-17)20(18,19)13-10(3)11(14)8-9(2)12(13)15/h4,8,17H,1,5-7H2,2-3H3. The molecule has 1 aromatic carbocycles. The van der Waals surface area contributed by atoms with Gasteiger partial charge in [-0.3, -0.25) is 0 Å². The Labute approximate surface area is 129 Å². The van der Waals surface area contributed by atoms with E-state index in [1.807, 2.05) is 0 Å². The van der Waals surface area contributed by atoms with Gasteiger partial charge in [-0.05, 0) is 31.0 Å². The number of halogens is 2. The van der Waals surface area contributed by atoms with E-state index in [4.69, 9.17) is 28.3 Å². The van der Waals surface area contributed by atoms with Crippen molar-refractivity contribution in [3.63, 3.8) is 0 Å². The predicted octanol–water partition coefficient (Wildman–Crippen LogP) is 2.78. The maximum atomic E-state index is 12.7. The van der Waals surface area contributed by atoms with E-state index in [-0.39, 0.29) is 29.6 Å². The number of hydrogen-bond donors (Lipinski definition) is 1. The van der Waals surface area contributed by atoms with Crippen LogP contribution in [0.3, 0.4) is 0 Å². The summed E-state index contributed by atoms with van der Waals surface area (Å²) in [5, 5.41) is 9.51. The number of aryl methyl sites for hydroxylation is 1. The van der Waals surface area contributed by atoms with Gasteiger partial charge in [0, 0.05) is 18.1 Å². The molecule has 0 spiro atoms. The fourth-order valence-corrected chi connectivity index (χ4v) is 4.38. The average molecular weight is 338 g/mol. The summed E-state index contributed by atoms with van der Waals surface area (Å²) in [6.07, 6.45) is 1.45. The van der Waals surface area contributed by atoms with Crippen LogP contribution in [0, 0.1) is 13.8 Å². The average Bonchev–Trinajstić information content (AvgIpc) is 2.36. The van der Waals surface area contributed by atoms with Crippen molar-refractivity contribution < 1.29 is 13.5 Å². The monoisotopic (exact) mass is 337 g/mol. The third kappa shape index (κ3) is 3.35. The van der Waals surface area contributed by atoms with Crippen molar-refractivity contribution in [3.05, 3.63) is 39.9 Å². The Hall–Kier alpha value is -0.590. The summed E-state index contributed by atoms with van der Waals surface area (Å²) < 4.78 is 26.5. The van der Waals surface area contributed by atoms with Crippen LogP contribution in [-0.2, 0) is 10.0 Å². The van der Waals surface area contributed by atoms with Crippen LogP contribution in [-0.4, -0.2) is 37.5 Å². The van der Waals surface area contributed by atoms with E-state index in [9.17, 15) is 8.42 Å². The summed E-state index contributed by atoms with van der Waals surface area (Å²) in [6.45, 7) is 6.58. The summed E-state index contributed by atoms with van der Waals surface area (Å²) >= 11 is 12.2. The molecule has 0 unspecified atom stereocenters. The first-order valence-corrected chi connectivity index (χ1v) is 8.14. The van der Waals surface area contributed by atoms with Gasteiger partial charge in [-0.15, -0.1) is 6.58 Å². The second-order valence-corrected chi connectivity index (χ2v) is 6.98. The lowest BCUT2D eigenvalue weighted by atomic mass is 10.2. The Morgan fingerprint density at radius 3 is 2.50 bits per heavy atom. The summed E-state index contributed by atoms with van der Waals surface area (Å²) in [7, 11) is -3.85. The maximum absolute atomic E-state index is 12.7. The lowest BCUT2D eigenvalue weighted by molar-refractivity contribution is 0.260. The molecule has 1 aromatic rings. The Balaban J connectivity index is 3.52. The van der Waals surface area contributed by atoms with Crippen LogP contribution in [0.4, 0.5) is 0 Å². The molecule has 1 rings (SSSR count). The fourth-order valence-electron chi connectivity index (χ4n) is 1.81. The molecule has 112 valence electrons. The van der Waals surface area contributed by atoms with E-state index >= 15 is 0 Å². The zero-order chi connectivity index (χ0) is 15.5. The minimum Gasteiger partial charge on any atom is -0.395 e. The first-order valence-electron chi connectivity index (χ1n) is 5.94. The van der Waals surface area contributed by atoms with Gasteiger partial charge in [0.2, 0.25) is 10.0 Å². The van der Waals surface area contributed by atoms with E-state index in [2.05, 4.69) is 6.58 Å². The van der Waals surface area contributed by atoms with E-state index in [0.29, 0.717) is 16.1 Å². The second-order valence-electron chi connectivity index (χ2n) is 4.32. The van der Waals surface area contributed by atoms with Gasteiger partial charge in [-0.25, -0.2) is 8.42 Å². The fraction of sp³-hybridized carbons (Fsp3) is 0.385. The third-order valence-corrected chi connectivity index (χ3v) is 5.90. The van der Waals surface area contributed by atoms with Crippen molar-refractivity contribution in [3.8, 4) is 0 Å². The van der Waals surface area contributed by atoms with Crippen LogP contribution in [0.15, 0.2) is 23.6 Å². The molecule has 0 saturated carbocycles. The van der Waals surface area contributed by atoms with Crippen LogP contribution in [0.5, 0.6) is 0 Å². The molecule has 0 saturated heterocycles. The minimum absolute atomic E-state index is 0.0144. The molecule has 0 amide bonds. The molecule has 0 aliphatic heterocycles. The van der Waals surface area contributed by atoms with Gasteiger partial charge in [0.25, 0.3) is 0 Å². The van der Waals surface area contributed by atoms with Crippen LogP contribution < -0.4 is 0 Å². The molecule has 0 aromatic heterocycles. The van der Waals surface area contributed by atoms with E-state index in [0.717, 1.165) is 4.31 Å². The molecule has 0 heterocycles. The van der Waals surface area contributed by atoms with Gasteiger partial charge in [-0.1, -0.05) is 29.3 Å². The topological polar surface area (TPSA) is 57.6 Å². The third-order valence-electron chi connectivity index (χ3n) is 2.87. The quantitative estimate of drug-likeness (QED) is 0.812. The molecular weight excluding hydrogens is 321 g/mol. The largest absolute Gasteiger partial charge is 0.395 e. The molecular formula is C13H17Cl2NO3S. The zero-order valence-corrected chi connectivity index (χ0v) is 13.7. The van der Waals surface area contributed by atoms with Gasteiger partial charge < -0.3 is 5.11 Å². The maximum Gasteiger partial charge on any atom is 0.245 e. The highest BCUT2D eigenvalue weighted by Gasteiger charge is 2.29. The lowest BCUT2D eigenvalue weighted by Crippen LogP contribution is -2.34. The number of rotatable bonds is 6. The van der Waals surface area contributed by atoms with Crippen molar-refractivity contribution in [2.75, 3.05) is 19.7 Å². The Bertz CT molecular complexity index is 588. The lowest BCUT2D eigenvalue weighted by Gasteiger charge is -2.22. The highest BCUT2D eigenvalue weighted by atomic mass is 35.5. The minimum atomic E-state index is -3.85. The molecule has 20 heavy (non-hydrogen) atoms. The highest BCUT2D eigenvalue weighted by Crippen LogP contribution is 2.35. The first kappa shape index (κ1) is 17.5. The van der Waals surface area contributed by atoms with Gasteiger partial charge in [0.1, 0.15) is 4.90 Å². The van der Waals surface area contributed by atoms with Crippen molar-refractivity contribution >= 4 is 33.2 Å². The van der Waals surface area contributed by atoms with Crippen molar-refractivity contribution in [2.24, 2.45) is 0 Å². The molecule has 0 aliphatic carbocycles. The Morgan fingerprint density at radius 1 is 1.40 bits per heavy atom. The first-order chi connectivity index (χ1) is 9.27. The van der Waals surface area contributed by atoms with Crippen molar-refractivity contribution in [1.82, 2.24) is 4.31 Å². The Kier molecular flexibility index (Phi) is 6.04. The molecule has 0 atom stereocenters. The number of aliphatic hydroxyl groups excluding tert-OH is 1. The van der Waals surface area contributed by atoms with Gasteiger partial charge in [0.05, 0.1) is 11.6 Å². The normalized spacial score (nSPS) is 11.9. The van der Waals surface area contributed by atoms with E-state index in [1.54, 1.807) is 19.9 Å². The number of sulfonamides is 1. The number of hydrogen-bond acceptors (Lipinski definition) is 3. The molecule has 4 nitrogen and oxygen atoms in total. The number of aliphatic hydroxyl groups is 1. The molecule has 0 radical (unpaired) electrons. The van der Waals surface area contributed by atoms with Gasteiger partial charge in [0.15, 0.2) is 0 Å². The molecule has 0 aliphatic rings. The van der Waals surface area contributed by atoms with Gasteiger partial charge >= 0.3 is 0 Å². The summed E-state index contributed by atoms with van der Waals surface area (Å²) in [5.41, 5.74) is 0.984. The summed E-state index contributed by atoms with van der Waals surface area (Å²) in [5.74, 6) is 0. The smallest absolute Gasteiger partial charge is 0.245 e. The molecule has 0 bridgehead atoms. The van der Waals surface area contributed by atoms with Crippen LogP contribution in [0.25, 0.3) is 0 Å². The van der Waals surface area contributed by atoms with E-state index in [1.165, 1.54) is 6.08 Å². The Morgan fingerprint density at radius 2 is 2.00 bits per heavy atom. The van der Waals surface area contributed by atoms with Crippen LogP contribution >= 0.6 is 23.2 Å². The van der Waals surface area contributed by atoms with E-state index < -0.39 is 10.0 Å². The predicted molar refractivity (Wildman–Crippen MR) is 82.0 cm³/mol. The van der Waals surface area contributed by atoms with Crippen molar-refractivity contribution in [1.29, 1.82) is 0 Å². The van der Waals surface area contributed by atoms with Crippen LogP contribution in [0.2, 0.25) is 10.0 Å². The zero-order valence-electron chi connectivity index (χ0n) is 11.4. The summed E-state index contributed by atoms with van der Waals surface area (Å²) in [6, 6.07) is 1.63. The summed E-state index contributed by atoms with van der Waals surface area (Å²) in [4.78, 5) is -0.0144. The second kappa shape index (κ2) is 6.91. The number of nitrogens with zero attached hydrogens (tertiary/aromatic N) is 1. The van der Waals surface area contributed by atoms with Crippen LogP contribution in [0.1, 0.15) is 11.1 Å². The molecule has 1 N–H and O–H groups in total. The SMILES string of the molecule is C=CCN(CCO)S(=O)(=O)c1c(C)c(Cl)cc(C)c1Cl. The van der Waals surface area contributed by atoms with Gasteiger partial charge in [-0.2, -0.15) is 4.31 Å². The number of benzene rings is 1. The van der Waals surface area contributed by atoms with Crippen molar-refractivity contribution in [2.45, 2.75) is 18.7 Å². The highest BCUT2D eigenvalue weighted by molar-refractivity contribution is 7.89.